The lowest BCUT2D eigenvalue weighted by atomic mass is 9.92. The van der Waals surface area contributed by atoms with Crippen LogP contribution in [0, 0.1) is 12.3 Å². The highest BCUT2D eigenvalue weighted by atomic mass is 15.1. The quantitative estimate of drug-likeness (QED) is 0.826. The summed E-state index contributed by atoms with van der Waals surface area (Å²) in [6, 6.07) is 0. The lowest BCUT2D eigenvalue weighted by Crippen LogP contribution is -2.16. The van der Waals surface area contributed by atoms with Crippen LogP contribution in [0.5, 0.6) is 0 Å². The predicted octanol–water partition coefficient (Wildman–Crippen LogP) is 3.94. The third-order valence-corrected chi connectivity index (χ3v) is 3.62. The Morgan fingerprint density at radius 3 is 2.20 bits per heavy atom. The Labute approximate surface area is 122 Å². The molecule has 1 aliphatic carbocycles. The third kappa shape index (κ3) is 4.09. The molecule has 0 unspecified atom stereocenters. The lowest BCUT2D eigenvalue weighted by molar-refractivity contribution is 0.389. The van der Waals surface area contributed by atoms with Crippen LogP contribution in [0.25, 0.3) is 0 Å². The second kappa shape index (κ2) is 5.98. The van der Waals surface area contributed by atoms with Crippen LogP contribution in [0.1, 0.15) is 64.3 Å². The Kier molecular flexibility index (Phi) is 4.51. The molecule has 0 amide bonds. The van der Waals surface area contributed by atoms with Crippen molar-refractivity contribution in [2.24, 2.45) is 5.41 Å². The van der Waals surface area contributed by atoms with Gasteiger partial charge in [0.05, 0.1) is 0 Å². The average molecular weight is 276 g/mol. The van der Waals surface area contributed by atoms with Crippen LogP contribution in [0.3, 0.4) is 0 Å². The van der Waals surface area contributed by atoms with E-state index >= 15 is 0 Å². The van der Waals surface area contributed by atoms with E-state index in [1.807, 2.05) is 0 Å². The molecule has 1 heterocycles. The van der Waals surface area contributed by atoms with Gasteiger partial charge in [-0.15, -0.1) is 0 Å². The first-order chi connectivity index (χ1) is 9.40. The van der Waals surface area contributed by atoms with Gasteiger partial charge in [0.2, 0.25) is 0 Å². The van der Waals surface area contributed by atoms with Gasteiger partial charge in [0.25, 0.3) is 0 Å². The highest BCUT2D eigenvalue weighted by Crippen LogP contribution is 2.39. The molecule has 2 rings (SSSR count). The molecular formula is C16H28N4. The van der Waals surface area contributed by atoms with Gasteiger partial charge in [-0.3, -0.25) is 0 Å². The zero-order chi connectivity index (χ0) is 14.8. The van der Waals surface area contributed by atoms with E-state index in [0.717, 1.165) is 42.5 Å². The molecule has 4 heteroatoms. The molecule has 0 saturated heterocycles. The number of aromatic nitrogens is 2. The smallest absolute Gasteiger partial charge is 0.136 e. The summed E-state index contributed by atoms with van der Waals surface area (Å²) in [5.41, 5.74) is 1.47. The van der Waals surface area contributed by atoms with E-state index in [9.17, 15) is 0 Å². The van der Waals surface area contributed by atoms with Crippen molar-refractivity contribution in [3.05, 3.63) is 11.4 Å². The second-order valence-electron chi connectivity index (χ2n) is 6.95. The molecule has 1 aromatic heterocycles. The van der Waals surface area contributed by atoms with Gasteiger partial charge >= 0.3 is 0 Å². The number of anilines is 2. The Morgan fingerprint density at radius 1 is 1.10 bits per heavy atom. The summed E-state index contributed by atoms with van der Waals surface area (Å²) in [7, 11) is 0. The molecule has 0 radical (unpaired) electrons. The number of hydrogen-bond donors (Lipinski definition) is 2. The average Bonchev–Trinajstić information content (AvgIpc) is 3.16. The van der Waals surface area contributed by atoms with Crippen molar-refractivity contribution in [2.45, 2.75) is 59.8 Å². The molecule has 4 nitrogen and oxygen atoms in total. The van der Waals surface area contributed by atoms with Crippen LogP contribution in [-0.4, -0.2) is 23.1 Å². The molecule has 0 spiro atoms. The molecule has 20 heavy (non-hydrogen) atoms. The zero-order valence-corrected chi connectivity index (χ0v) is 13.5. The standard InChI is InChI=1S/C16H28N4/c1-6-17-13-11(2)14(18-10-9-16(3,4)5)20-15(19-13)12-7-8-12/h12H,6-10H2,1-5H3,(H2,17,18,19,20). The minimum absolute atomic E-state index is 0.345. The molecule has 1 aromatic rings. The fraction of sp³-hybridized carbons (Fsp3) is 0.750. The molecule has 1 fully saturated rings. The molecule has 0 aliphatic heterocycles. The maximum Gasteiger partial charge on any atom is 0.136 e. The fourth-order valence-corrected chi connectivity index (χ4v) is 2.13. The maximum atomic E-state index is 4.73. The van der Waals surface area contributed by atoms with Crippen molar-refractivity contribution < 1.29 is 0 Å². The largest absolute Gasteiger partial charge is 0.370 e. The molecule has 0 aromatic carbocycles. The summed E-state index contributed by atoms with van der Waals surface area (Å²) >= 11 is 0. The zero-order valence-electron chi connectivity index (χ0n) is 13.5. The Hall–Kier alpha value is -1.32. The first-order valence-electron chi connectivity index (χ1n) is 7.77. The summed E-state index contributed by atoms with van der Waals surface area (Å²) < 4.78 is 0. The SMILES string of the molecule is CCNc1nc(C2CC2)nc(NCCC(C)(C)C)c1C. The third-order valence-electron chi connectivity index (χ3n) is 3.62. The lowest BCUT2D eigenvalue weighted by Gasteiger charge is -2.20. The molecule has 1 saturated carbocycles. The van der Waals surface area contributed by atoms with Gasteiger partial charge < -0.3 is 10.6 Å². The highest BCUT2D eigenvalue weighted by molar-refractivity contribution is 5.57. The van der Waals surface area contributed by atoms with E-state index in [1.165, 1.54) is 12.8 Å². The maximum absolute atomic E-state index is 4.73. The van der Waals surface area contributed by atoms with Crippen LogP contribution in [0.2, 0.25) is 0 Å². The van der Waals surface area contributed by atoms with E-state index in [0.29, 0.717) is 11.3 Å². The van der Waals surface area contributed by atoms with E-state index in [4.69, 9.17) is 4.98 Å². The highest BCUT2D eigenvalue weighted by Gasteiger charge is 2.28. The fourth-order valence-electron chi connectivity index (χ4n) is 2.13. The first-order valence-corrected chi connectivity index (χ1v) is 7.77. The molecular weight excluding hydrogens is 248 g/mol. The molecule has 1 aliphatic rings. The Bertz CT molecular complexity index is 458. The van der Waals surface area contributed by atoms with E-state index in [2.05, 4.69) is 50.2 Å². The number of rotatable bonds is 6. The van der Waals surface area contributed by atoms with Gasteiger partial charge in [-0.1, -0.05) is 20.8 Å². The molecule has 112 valence electrons. The Morgan fingerprint density at radius 2 is 1.70 bits per heavy atom. The van der Waals surface area contributed by atoms with Crippen LogP contribution >= 0.6 is 0 Å². The van der Waals surface area contributed by atoms with Gasteiger partial charge in [-0.2, -0.15) is 0 Å². The predicted molar refractivity (Wildman–Crippen MR) is 85.5 cm³/mol. The number of nitrogens with zero attached hydrogens (tertiary/aromatic N) is 2. The summed E-state index contributed by atoms with van der Waals surface area (Å²) in [6.07, 6.45) is 3.60. The van der Waals surface area contributed by atoms with Crippen LogP contribution < -0.4 is 10.6 Å². The van der Waals surface area contributed by atoms with Crippen molar-refractivity contribution >= 4 is 11.6 Å². The molecule has 0 bridgehead atoms. The minimum Gasteiger partial charge on any atom is -0.370 e. The summed E-state index contributed by atoms with van der Waals surface area (Å²) in [6.45, 7) is 12.8. The van der Waals surface area contributed by atoms with Crippen molar-refractivity contribution in [1.29, 1.82) is 0 Å². The molecule has 0 atom stereocenters. The monoisotopic (exact) mass is 276 g/mol. The van der Waals surface area contributed by atoms with Crippen molar-refractivity contribution in [3.63, 3.8) is 0 Å². The van der Waals surface area contributed by atoms with Gasteiger partial charge in [-0.05, 0) is 38.5 Å². The Balaban J connectivity index is 2.13. The normalized spacial score (nSPS) is 15.2. The summed E-state index contributed by atoms with van der Waals surface area (Å²) in [5, 5.41) is 6.86. The van der Waals surface area contributed by atoms with Crippen molar-refractivity contribution in [1.82, 2.24) is 9.97 Å². The van der Waals surface area contributed by atoms with Crippen LogP contribution in [0.4, 0.5) is 11.6 Å². The topological polar surface area (TPSA) is 49.8 Å². The number of hydrogen-bond acceptors (Lipinski definition) is 4. The second-order valence-corrected chi connectivity index (χ2v) is 6.95. The minimum atomic E-state index is 0.345. The van der Waals surface area contributed by atoms with Gasteiger partial charge in [0.1, 0.15) is 17.5 Å². The summed E-state index contributed by atoms with van der Waals surface area (Å²) in [4.78, 5) is 9.41. The van der Waals surface area contributed by atoms with Crippen LogP contribution in [-0.2, 0) is 0 Å². The van der Waals surface area contributed by atoms with E-state index in [1.54, 1.807) is 0 Å². The van der Waals surface area contributed by atoms with Gasteiger partial charge in [0, 0.05) is 24.6 Å². The van der Waals surface area contributed by atoms with Crippen molar-refractivity contribution in [2.75, 3.05) is 23.7 Å². The van der Waals surface area contributed by atoms with Gasteiger partial charge in [-0.25, -0.2) is 9.97 Å². The van der Waals surface area contributed by atoms with Crippen molar-refractivity contribution in [3.8, 4) is 0 Å². The summed E-state index contributed by atoms with van der Waals surface area (Å²) in [5.74, 6) is 3.57. The van der Waals surface area contributed by atoms with E-state index in [-0.39, 0.29) is 0 Å². The number of nitrogens with one attached hydrogen (secondary N) is 2. The molecule has 2 N–H and O–H groups in total. The van der Waals surface area contributed by atoms with Crippen LogP contribution in [0.15, 0.2) is 0 Å². The van der Waals surface area contributed by atoms with Gasteiger partial charge in [0.15, 0.2) is 0 Å². The van der Waals surface area contributed by atoms with E-state index < -0.39 is 0 Å². The first kappa shape index (κ1) is 15.1.